The number of nitrogens with zero attached hydrogens (tertiary/aromatic N) is 2. The Balaban J connectivity index is 2.02. The second-order valence-electron chi connectivity index (χ2n) is 3.74. The number of carbonyl (C=O) groups excluding carboxylic acids is 1. The van der Waals surface area contributed by atoms with Crippen LogP contribution in [0.15, 0.2) is 39.9 Å². The largest absolute Gasteiger partial charge is 0.271 e. The molecule has 0 radical (unpaired) electrons. The Kier molecular flexibility index (Phi) is 4.70. The summed E-state index contributed by atoms with van der Waals surface area (Å²) in [7, 11) is 0. The zero-order valence-corrected chi connectivity index (χ0v) is 12.2. The Morgan fingerprint density at radius 3 is 2.89 bits per heavy atom. The average molecular weight is 291 g/mol. The number of aryl methyl sites for hydroxylation is 1. The molecule has 0 fully saturated rings. The lowest BCUT2D eigenvalue weighted by atomic mass is 10.3. The minimum absolute atomic E-state index is 0.240. The minimum Gasteiger partial charge on any atom is -0.267 e. The number of rotatable bonds is 4. The fourth-order valence-electron chi connectivity index (χ4n) is 1.49. The van der Waals surface area contributed by atoms with Crippen molar-refractivity contribution in [2.45, 2.75) is 11.1 Å². The summed E-state index contributed by atoms with van der Waals surface area (Å²) >= 11 is 3.40. The zero-order valence-electron chi connectivity index (χ0n) is 10.6. The first kappa shape index (κ1) is 13.8. The van der Waals surface area contributed by atoms with Crippen molar-refractivity contribution < 1.29 is 4.79 Å². The Hall–Kier alpha value is -1.66. The van der Waals surface area contributed by atoms with Crippen LogP contribution >= 0.6 is 23.1 Å². The topological polar surface area (TPSA) is 54.4 Å². The first-order valence-electron chi connectivity index (χ1n) is 5.58. The van der Waals surface area contributed by atoms with Crippen molar-refractivity contribution in [3.05, 3.63) is 46.6 Å². The number of hydrogen-bond donors (Lipinski definition) is 1. The highest BCUT2D eigenvalue weighted by Gasteiger charge is 2.05. The van der Waals surface area contributed by atoms with Gasteiger partial charge in [0.25, 0.3) is 5.91 Å². The van der Waals surface area contributed by atoms with Gasteiger partial charge < -0.3 is 0 Å². The van der Waals surface area contributed by atoms with Crippen molar-refractivity contribution in [1.29, 1.82) is 0 Å². The van der Waals surface area contributed by atoms with E-state index in [2.05, 4.69) is 28.5 Å². The number of carbonyl (C=O) groups is 1. The van der Waals surface area contributed by atoms with Gasteiger partial charge in [0.15, 0.2) is 0 Å². The molecule has 0 aromatic carbocycles. The maximum Gasteiger partial charge on any atom is 0.271 e. The maximum atomic E-state index is 11.7. The van der Waals surface area contributed by atoms with E-state index in [4.69, 9.17) is 0 Å². The van der Waals surface area contributed by atoms with Crippen LogP contribution in [-0.2, 0) is 0 Å². The van der Waals surface area contributed by atoms with E-state index < -0.39 is 0 Å². The molecule has 0 aliphatic carbocycles. The smallest absolute Gasteiger partial charge is 0.267 e. The van der Waals surface area contributed by atoms with E-state index in [1.165, 1.54) is 9.09 Å². The lowest BCUT2D eigenvalue weighted by Crippen LogP contribution is -2.17. The third kappa shape index (κ3) is 3.65. The monoisotopic (exact) mass is 291 g/mol. The van der Waals surface area contributed by atoms with Crippen LogP contribution in [0.25, 0.3) is 0 Å². The molecule has 0 spiro atoms. The molecule has 98 valence electrons. The molecule has 0 aliphatic rings. The van der Waals surface area contributed by atoms with Gasteiger partial charge in [-0.05, 0) is 31.4 Å². The molecule has 0 saturated carbocycles. The van der Waals surface area contributed by atoms with Crippen LogP contribution in [0.4, 0.5) is 0 Å². The van der Waals surface area contributed by atoms with Crippen LogP contribution < -0.4 is 5.43 Å². The van der Waals surface area contributed by atoms with Crippen molar-refractivity contribution in [3.8, 4) is 0 Å². The minimum atomic E-state index is -0.240. The van der Waals surface area contributed by atoms with Crippen LogP contribution in [0.1, 0.15) is 20.8 Å². The van der Waals surface area contributed by atoms with Crippen LogP contribution in [-0.4, -0.2) is 23.4 Å². The summed E-state index contributed by atoms with van der Waals surface area (Å²) in [6.07, 6.45) is 6.85. The highest BCUT2D eigenvalue weighted by atomic mass is 32.2. The third-order valence-electron chi connectivity index (χ3n) is 2.35. The van der Waals surface area contributed by atoms with Crippen LogP contribution in [0, 0.1) is 6.92 Å². The van der Waals surface area contributed by atoms with Crippen molar-refractivity contribution in [3.63, 3.8) is 0 Å². The summed E-state index contributed by atoms with van der Waals surface area (Å²) in [4.78, 5) is 16.8. The quantitative estimate of drug-likeness (QED) is 0.535. The Morgan fingerprint density at radius 2 is 2.21 bits per heavy atom. The van der Waals surface area contributed by atoms with Gasteiger partial charge in [-0.2, -0.15) is 5.10 Å². The summed E-state index contributed by atoms with van der Waals surface area (Å²) in [5, 5.41) is 3.99. The number of aromatic nitrogens is 1. The summed E-state index contributed by atoms with van der Waals surface area (Å²) in [5.74, 6) is -0.240. The molecular formula is C13H13N3OS2. The molecule has 0 saturated heterocycles. The molecule has 2 aromatic rings. The predicted octanol–water partition coefficient (Wildman–Crippen LogP) is 2.94. The van der Waals surface area contributed by atoms with Gasteiger partial charge in [0.05, 0.1) is 10.4 Å². The number of thioether (sulfide) groups is 1. The summed E-state index contributed by atoms with van der Waals surface area (Å²) < 4.78 is 1.19. The maximum absolute atomic E-state index is 11.7. The van der Waals surface area contributed by atoms with Gasteiger partial charge in [0, 0.05) is 28.4 Å². The molecule has 2 rings (SSSR count). The summed E-state index contributed by atoms with van der Waals surface area (Å²) in [5.41, 5.74) is 4.08. The molecule has 19 heavy (non-hydrogen) atoms. The van der Waals surface area contributed by atoms with Crippen molar-refractivity contribution in [2.75, 3.05) is 6.26 Å². The van der Waals surface area contributed by atoms with Gasteiger partial charge >= 0.3 is 0 Å². The molecule has 0 aliphatic heterocycles. The molecule has 2 aromatic heterocycles. The SMILES string of the molecule is CSc1sc(C)cc1/C=N\NC(=O)c1ccncc1. The van der Waals surface area contributed by atoms with E-state index in [1.807, 2.05) is 6.26 Å². The lowest BCUT2D eigenvalue weighted by Gasteiger charge is -1.98. The van der Waals surface area contributed by atoms with E-state index in [0.29, 0.717) is 5.56 Å². The van der Waals surface area contributed by atoms with E-state index >= 15 is 0 Å². The van der Waals surface area contributed by atoms with Crippen molar-refractivity contribution in [2.24, 2.45) is 5.10 Å². The van der Waals surface area contributed by atoms with E-state index in [0.717, 1.165) is 5.56 Å². The highest BCUT2D eigenvalue weighted by Crippen LogP contribution is 2.28. The zero-order chi connectivity index (χ0) is 13.7. The van der Waals surface area contributed by atoms with Gasteiger partial charge in [0.2, 0.25) is 0 Å². The van der Waals surface area contributed by atoms with Crippen LogP contribution in [0.2, 0.25) is 0 Å². The van der Waals surface area contributed by atoms with Gasteiger partial charge in [-0.3, -0.25) is 9.78 Å². The molecule has 4 nitrogen and oxygen atoms in total. The summed E-state index contributed by atoms with van der Waals surface area (Å²) in [6.45, 7) is 2.05. The Morgan fingerprint density at radius 1 is 1.47 bits per heavy atom. The number of amides is 1. The van der Waals surface area contributed by atoms with Gasteiger partial charge in [-0.25, -0.2) is 5.43 Å². The van der Waals surface area contributed by atoms with Crippen molar-refractivity contribution in [1.82, 2.24) is 10.4 Å². The standard InChI is InChI=1S/C13H13N3OS2/c1-9-7-11(13(18-2)19-9)8-15-16-12(17)10-3-5-14-6-4-10/h3-8H,1-2H3,(H,16,17)/b15-8-. The first-order chi connectivity index (χ1) is 9.20. The molecule has 0 unspecified atom stereocenters. The number of hydrogen-bond acceptors (Lipinski definition) is 5. The van der Waals surface area contributed by atoms with E-state index in [-0.39, 0.29) is 5.91 Å². The molecule has 2 heterocycles. The second kappa shape index (κ2) is 6.49. The lowest BCUT2D eigenvalue weighted by molar-refractivity contribution is 0.0955. The van der Waals surface area contributed by atoms with E-state index in [1.54, 1.807) is 53.8 Å². The number of thiophene rings is 1. The molecular weight excluding hydrogens is 278 g/mol. The van der Waals surface area contributed by atoms with Crippen LogP contribution in [0.3, 0.4) is 0 Å². The van der Waals surface area contributed by atoms with E-state index in [9.17, 15) is 4.79 Å². The average Bonchev–Trinajstić information content (AvgIpc) is 2.80. The normalized spacial score (nSPS) is 10.8. The first-order valence-corrected chi connectivity index (χ1v) is 7.62. The number of pyridine rings is 1. The number of hydrazone groups is 1. The Bertz CT molecular complexity index is 593. The highest BCUT2D eigenvalue weighted by molar-refractivity contribution is 8.00. The fourth-order valence-corrected chi connectivity index (χ4v) is 3.27. The molecule has 0 atom stereocenters. The molecule has 0 bridgehead atoms. The van der Waals surface area contributed by atoms with Crippen LogP contribution in [0.5, 0.6) is 0 Å². The van der Waals surface area contributed by atoms with Gasteiger partial charge in [0.1, 0.15) is 0 Å². The Labute approximate surface area is 120 Å². The fraction of sp³-hybridized carbons (Fsp3) is 0.154. The van der Waals surface area contributed by atoms with Gasteiger partial charge in [-0.15, -0.1) is 23.1 Å². The second-order valence-corrected chi connectivity index (χ2v) is 6.07. The number of nitrogens with one attached hydrogen (secondary N) is 1. The molecule has 1 N–H and O–H groups in total. The third-order valence-corrected chi connectivity index (χ3v) is 4.56. The molecule has 1 amide bonds. The van der Waals surface area contributed by atoms with Gasteiger partial charge in [-0.1, -0.05) is 0 Å². The van der Waals surface area contributed by atoms with Crippen molar-refractivity contribution >= 4 is 35.2 Å². The predicted molar refractivity (Wildman–Crippen MR) is 80.1 cm³/mol. The molecule has 6 heteroatoms. The summed E-state index contributed by atoms with van der Waals surface area (Å²) in [6, 6.07) is 5.35.